The topological polar surface area (TPSA) is 63.3 Å². The summed E-state index contributed by atoms with van der Waals surface area (Å²) in [5.74, 6) is -0.826. The fraction of sp³-hybridized carbons (Fsp3) is 0.917. The van der Waals surface area contributed by atoms with Crippen molar-refractivity contribution in [3.8, 4) is 0 Å². The molecular formula is C12H23NO2. The van der Waals surface area contributed by atoms with Crippen LogP contribution in [0.2, 0.25) is 0 Å². The zero-order valence-electron chi connectivity index (χ0n) is 9.67. The van der Waals surface area contributed by atoms with Crippen molar-refractivity contribution in [1.29, 1.82) is 0 Å². The van der Waals surface area contributed by atoms with Gasteiger partial charge >= 0.3 is 5.97 Å². The second kappa shape index (κ2) is 5.50. The van der Waals surface area contributed by atoms with Gasteiger partial charge in [-0.1, -0.05) is 39.0 Å². The van der Waals surface area contributed by atoms with E-state index in [0.29, 0.717) is 0 Å². The van der Waals surface area contributed by atoms with Crippen LogP contribution in [0, 0.1) is 5.41 Å². The zero-order valence-corrected chi connectivity index (χ0v) is 9.67. The van der Waals surface area contributed by atoms with E-state index in [2.05, 4.69) is 6.92 Å². The number of aliphatic carboxylic acids is 1. The molecule has 1 rings (SSSR count). The summed E-state index contributed by atoms with van der Waals surface area (Å²) in [5, 5.41) is 9.07. The highest BCUT2D eigenvalue weighted by Gasteiger charge is 2.40. The Morgan fingerprint density at radius 3 is 2.47 bits per heavy atom. The fourth-order valence-electron chi connectivity index (χ4n) is 2.76. The molecule has 1 saturated carbocycles. The molecule has 0 radical (unpaired) electrons. The molecule has 3 heteroatoms. The molecule has 0 aromatic heterocycles. The highest BCUT2D eigenvalue weighted by Crippen LogP contribution is 2.42. The molecule has 1 atom stereocenters. The van der Waals surface area contributed by atoms with Crippen LogP contribution in [0.15, 0.2) is 0 Å². The molecule has 1 aliphatic carbocycles. The Hall–Kier alpha value is -0.570. The number of carboxylic acid groups (broad SMARTS) is 1. The quantitative estimate of drug-likeness (QED) is 0.737. The van der Waals surface area contributed by atoms with Gasteiger partial charge in [0.05, 0.1) is 0 Å². The average molecular weight is 213 g/mol. The van der Waals surface area contributed by atoms with Crippen LogP contribution < -0.4 is 5.73 Å². The molecule has 1 fully saturated rings. The van der Waals surface area contributed by atoms with Crippen LogP contribution in [0.3, 0.4) is 0 Å². The lowest BCUT2D eigenvalue weighted by Crippen LogP contribution is -2.48. The molecule has 15 heavy (non-hydrogen) atoms. The third kappa shape index (κ3) is 2.94. The molecule has 3 nitrogen and oxygen atoms in total. The van der Waals surface area contributed by atoms with Crippen molar-refractivity contribution in [1.82, 2.24) is 0 Å². The zero-order chi connectivity index (χ0) is 11.3. The van der Waals surface area contributed by atoms with Crippen LogP contribution in [0.4, 0.5) is 0 Å². The first-order valence-corrected chi connectivity index (χ1v) is 6.11. The van der Waals surface area contributed by atoms with Gasteiger partial charge in [-0.2, -0.15) is 0 Å². The van der Waals surface area contributed by atoms with Gasteiger partial charge in [-0.05, 0) is 24.7 Å². The highest BCUT2D eigenvalue weighted by atomic mass is 16.4. The molecule has 3 N–H and O–H groups in total. The Morgan fingerprint density at radius 1 is 1.40 bits per heavy atom. The van der Waals surface area contributed by atoms with Gasteiger partial charge in [0.25, 0.3) is 0 Å². The normalized spacial score (nSPS) is 22.3. The van der Waals surface area contributed by atoms with E-state index in [-0.39, 0.29) is 5.41 Å². The smallest absolute Gasteiger partial charge is 0.321 e. The number of carboxylic acids is 1. The number of nitrogens with two attached hydrogens (primary N) is 1. The van der Waals surface area contributed by atoms with Crippen molar-refractivity contribution in [2.24, 2.45) is 11.1 Å². The van der Waals surface area contributed by atoms with Gasteiger partial charge in [-0.25, -0.2) is 0 Å². The molecule has 0 aromatic carbocycles. The number of carbonyl (C=O) groups is 1. The maximum atomic E-state index is 11.0. The summed E-state index contributed by atoms with van der Waals surface area (Å²) >= 11 is 0. The van der Waals surface area contributed by atoms with Crippen molar-refractivity contribution >= 4 is 5.97 Å². The van der Waals surface area contributed by atoms with E-state index >= 15 is 0 Å². The summed E-state index contributed by atoms with van der Waals surface area (Å²) in [7, 11) is 0. The lowest BCUT2D eigenvalue weighted by molar-refractivity contribution is -0.143. The van der Waals surface area contributed by atoms with Crippen LogP contribution in [0.5, 0.6) is 0 Å². The predicted molar refractivity (Wildman–Crippen MR) is 60.7 cm³/mol. The molecule has 0 aromatic rings. The predicted octanol–water partition coefficient (Wildman–Crippen LogP) is 2.54. The van der Waals surface area contributed by atoms with E-state index in [4.69, 9.17) is 10.8 Å². The van der Waals surface area contributed by atoms with Crippen LogP contribution in [0.25, 0.3) is 0 Å². The van der Waals surface area contributed by atoms with Gasteiger partial charge < -0.3 is 10.8 Å². The Labute approximate surface area is 92.0 Å². The molecule has 0 bridgehead atoms. The molecule has 0 aliphatic heterocycles. The first kappa shape index (κ1) is 12.5. The van der Waals surface area contributed by atoms with E-state index in [9.17, 15) is 4.79 Å². The summed E-state index contributed by atoms with van der Waals surface area (Å²) in [5.41, 5.74) is 5.76. The summed E-state index contributed by atoms with van der Waals surface area (Å²) in [6.07, 6.45) is 8.72. The van der Waals surface area contributed by atoms with Crippen molar-refractivity contribution in [3.63, 3.8) is 0 Å². The fourth-order valence-corrected chi connectivity index (χ4v) is 2.76. The van der Waals surface area contributed by atoms with Crippen LogP contribution in [-0.2, 0) is 4.79 Å². The Balaban J connectivity index is 2.69. The monoisotopic (exact) mass is 213 g/mol. The van der Waals surface area contributed by atoms with Gasteiger partial charge in [0.2, 0.25) is 0 Å². The lowest BCUT2D eigenvalue weighted by atomic mass is 9.66. The van der Waals surface area contributed by atoms with Crippen molar-refractivity contribution in [2.45, 2.75) is 64.3 Å². The molecule has 0 heterocycles. The second-order valence-electron chi connectivity index (χ2n) is 4.84. The third-order valence-corrected chi connectivity index (χ3v) is 3.80. The highest BCUT2D eigenvalue weighted by molar-refractivity contribution is 5.74. The van der Waals surface area contributed by atoms with E-state index in [0.717, 1.165) is 44.9 Å². The Kier molecular flexibility index (Phi) is 4.58. The summed E-state index contributed by atoms with van der Waals surface area (Å²) in [4.78, 5) is 11.0. The number of hydrogen-bond acceptors (Lipinski definition) is 2. The van der Waals surface area contributed by atoms with Crippen LogP contribution in [-0.4, -0.2) is 17.1 Å². The van der Waals surface area contributed by atoms with E-state index < -0.39 is 12.0 Å². The molecule has 0 amide bonds. The van der Waals surface area contributed by atoms with E-state index in [1.165, 1.54) is 6.42 Å². The van der Waals surface area contributed by atoms with Crippen LogP contribution >= 0.6 is 0 Å². The third-order valence-electron chi connectivity index (χ3n) is 3.80. The van der Waals surface area contributed by atoms with Crippen molar-refractivity contribution in [3.05, 3.63) is 0 Å². The molecule has 0 saturated heterocycles. The second-order valence-corrected chi connectivity index (χ2v) is 4.84. The van der Waals surface area contributed by atoms with Crippen molar-refractivity contribution in [2.75, 3.05) is 0 Å². The van der Waals surface area contributed by atoms with Crippen molar-refractivity contribution < 1.29 is 9.90 Å². The van der Waals surface area contributed by atoms with Crippen LogP contribution in [0.1, 0.15) is 58.3 Å². The van der Waals surface area contributed by atoms with Gasteiger partial charge in [0.1, 0.15) is 6.04 Å². The Bertz CT molecular complexity index is 210. The largest absolute Gasteiger partial charge is 0.480 e. The molecule has 88 valence electrons. The maximum Gasteiger partial charge on any atom is 0.321 e. The van der Waals surface area contributed by atoms with Gasteiger partial charge in [0.15, 0.2) is 0 Å². The Morgan fingerprint density at radius 2 is 2.00 bits per heavy atom. The van der Waals surface area contributed by atoms with E-state index in [1.54, 1.807) is 0 Å². The summed E-state index contributed by atoms with van der Waals surface area (Å²) < 4.78 is 0. The lowest BCUT2D eigenvalue weighted by Gasteiger charge is -2.40. The average Bonchev–Trinajstić information content (AvgIpc) is 2.26. The van der Waals surface area contributed by atoms with Gasteiger partial charge in [-0.3, -0.25) is 4.79 Å². The van der Waals surface area contributed by atoms with E-state index in [1.807, 2.05) is 0 Å². The molecule has 1 aliphatic rings. The van der Waals surface area contributed by atoms with Gasteiger partial charge in [0, 0.05) is 0 Å². The molecular weight excluding hydrogens is 190 g/mol. The summed E-state index contributed by atoms with van der Waals surface area (Å²) in [6.45, 7) is 2.14. The minimum Gasteiger partial charge on any atom is -0.480 e. The molecule has 0 spiro atoms. The minimum absolute atomic E-state index is 0.111. The first-order chi connectivity index (χ1) is 7.12. The maximum absolute atomic E-state index is 11.0. The minimum atomic E-state index is -0.826. The SMILES string of the molecule is CCCCC1(C(N)C(=O)O)CCCCC1. The number of rotatable bonds is 5. The first-order valence-electron chi connectivity index (χ1n) is 6.11. The number of unbranched alkanes of at least 4 members (excludes halogenated alkanes) is 1. The molecule has 1 unspecified atom stereocenters. The number of hydrogen-bond donors (Lipinski definition) is 2. The summed E-state index contributed by atoms with van der Waals surface area (Å²) in [6, 6.07) is -0.663. The standard InChI is InChI=1S/C12H23NO2/c1-2-3-7-12(10(13)11(14)15)8-5-4-6-9-12/h10H,2-9,13H2,1H3,(H,14,15). The van der Waals surface area contributed by atoms with Gasteiger partial charge in [-0.15, -0.1) is 0 Å².